The summed E-state index contributed by atoms with van der Waals surface area (Å²) in [6.45, 7) is 9.37. The molecular weight excluding hydrogens is 538 g/mol. The van der Waals surface area contributed by atoms with E-state index in [1.165, 1.54) is 7.11 Å². The third kappa shape index (κ3) is 9.96. The second kappa shape index (κ2) is 14.2. The molecule has 0 aliphatic carbocycles. The molecular formula is C28H43N3O8S. The average molecular weight is 582 g/mol. The molecule has 1 N–H and O–H groups in total. The van der Waals surface area contributed by atoms with Gasteiger partial charge >= 0.3 is 12.1 Å². The molecule has 1 aromatic rings. The molecule has 0 aromatic heterocycles. The monoisotopic (exact) mass is 581 g/mol. The van der Waals surface area contributed by atoms with Crippen molar-refractivity contribution in [3.8, 4) is 5.75 Å². The number of sulfonamides is 1. The van der Waals surface area contributed by atoms with Crippen LogP contribution in [0.2, 0.25) is 0 Å². The number of hydrogen-bond donors (Lipinski definition) is 1. The smallest absolute Gasteiger partial charge is 0.410 e. The van der Waals surface area contributed by atoms with Gasteiger partial charge in [-0.3, -0.25) is 4.79 Å². The predicted molar refractivity (Wildman–Crippen MR) is 151 cm³/mol. The second-order valence-electron chi connectivity index (χ2n) is 11.3. The average Bonchev–Trinajstić information content (AvgIpc) is 3.38. The van der Waals surface area contributed by atoms with Gasteiger partial charge in [-0.05, 0) is 75.8 Å². The Kier molecular flexibility index (Phi) is 11.2. The molecule has 2 aliphatic rings. The Balaban J connectivity index is 1.45. The topological polar surface area (TPSA) is 133 Å². The van der Waals surface area contributed by atoms with E-state index in [1.807, 2.05) is 52.0 Å². The summed E-state index contributed by atoms with van der Waals surface area (Å²) in [6.07, 6.45) is 2.75. The number of nitrogens with zero attached hydrogens (tertiary/aromatic N) is 2. The number of oxime groups is 1. The number of piperidine rings is 1. The normalized spacial score (nSPS) is 19.0. The van der Waals surface area contributed by atoms with Gasteiger partial charge < -0.3 is 23.9 Å². The largest absolute Gasteiger partial charge is 0.493 e. The van der Waals surface area contributed by atoms with Crippen LogP contribution in [0.15, 0.2) is 29.4 Å². The van der Waals surface area contributed by atoms with Crippen LogP contribution in [0, 0.1) is 5.92 Å². The summed E-state index contributed by atoms with van der Waals surface area (Å²) in [5.74, 6) is 0.383. The molecule has 0 unspecified atom stereocenters. The lowest BCUT2D eigenvalue weighted by Crippen LogP contribution is -2.44. The lowest BCUT2D eigenvalue weighted by Gasteiger charge is -2.33. The van der Waals surface area contributed by atoms with Crippen molar-refractivity contribution in [2.75, 3.05) is 32.6 Å². The second-order valence-corrected chi connectivity index (χ2v) is 13.2. The van der Waals surface area contributed by atoms with Crippen molar-refractivity contribution in [1.29, 1.82) is 0 Å². The molecule has 3 rings (SSSR count). The van der Waals surface area contributed by atoms with Crippen LogP contribution in [0.25, 0.3) is 0 Å². The number of esters is 1. The van der Waals surface area contributed by atoms with Crippen LogP contribution in [-0.4, -0.2) is 81.4 Å². The molecule has 2 atom stereocenters. The van der Waals surface area contributed by atoms with Crippen molar-refractivity contribution < 1.29 is 37.1 Å². The molecule has 0 spiro atoms. The number of carbonyl (C=O) groups excluding carboxylic acids is 2. The van der Waals surface area contributed by atoms with Gasteiger partial charge in [-0.1, -0.05) is 18.5 Å². The Morgan fingerprint density at radius 1 is 1.18 bits per heavy atom. The van der Waals surface area contributed by atoms with Gasteiger partial charge in [-0.2, -0.15) is 0 Å². The Bertz CT molecular complexity index is 1120. The lowest BCUT2D eigenvalue weighted by molar-refractivity contribution is -0.143. The van der Waals surface area contributed by atoms with Crippen molar-refractivity contribution in [2.45, 2.75) is 84.0 Å². The zero-order chi connectivity index (χ0) is 29.3. The molecule has 12 heteroatoms. The van der Waals surface area contributed by atoms with Gasteiger partial charge in [-0.25, -0.2) is 17.9 Å². The fraction of sp³-hybridized carbons (Fsp3) is 0.679. The first kappa shape index (κ1) is 31.7. The summed E-state index contributed by atoms with van der Waals surface area (Å²) in [7, 11) is -2.39. The highest BCUT2D eigenvalue weighted by atomic mass is 32.2. The van der Waals surface area contributed by atoms with E-state index in [0.29, 0.717) is 44.2 Å². The number of unbranched alkanes of at least 4 members (excludes halogenated alkanes) is 1. The third-order valence-electron chi connectivity index (χ3n) is 6.75. The number of rotatable bonds is 12. The number of benzene rings is 1. The maximum Gasteiger partial charge on any atom is 0.410 e. The Labute approximate surface area is 237 Å². The van der Waals surface area contributed by atoms with E-state index in [9.17, 15) is 18.0 Å². The number of carbonyl (C=O) groups is 2. The molecule has 224 valence electrons. The van der Waals surface area contributed by atoms with Gasteiger partial charge in [0.25, 0.3) is 0 Å². The summed E-state index contributed by atoms with van der Waals surface area (Å²) in [5, 5.41) is 4.17. The predicted octanol–water partition coefficient (Wildman–Crippen LogP) is 3.86. The summed E-state index contributed by atoms with van der Waals surface area (Å²) >= 11 is 0. The van der Waals surface area contributed by atoms with Crippen molar-refractivity contribution in [2.24, 2.45) is 11.1 Å². The first-order valence-electron chi connectivity index (χ1n) is 13.9. The summed E-state index contributed by atoms with van der Waals surface area (Å²) < 4.78 is 43.4. The van der Waals surface area contributed by atoms with Gasteiger partial charge in [0.2, 0.25) is 10.0 Å². The van der Waals surface area contributed by atoms with Crippen molar-refractivity contribution in [3.05, 3.63) is 29.8 Å². The van der Waals surface area contributed by atoms with E-state index >= 15 is 0 Å². The van der Waals surface area contributed by atoms with Crippen LogP contribution < -0.4 is 9.46 Å². The maximum absolute atomic E-state index is 12.3. The van der Waals surface area contributed by atoms with Crippen LogP contribution in [0.1, 0.15) is 71.8 Å². The molecule has 2 aliphatic heterocycles. The fourth-order valence-electron chi connectivity index (χ4n) is 4.50. The number of nitrogens with one attached hydrogen (secondary N) is 1. The molecule has 0 bridgehead atoms. The molecule has 0 saturated carbocycles. The first-order chi connectivity index (χ1) is 18.9. The highest BCUT2D eigenvalue weighted by Crippen LogP contribution is 2.24. The quantitative estimate of drug-likeness (QED) is 0.368. The van der Waals surface area contributed by atoms with Crippen LogP contribution in [-0.2, 0) is 29.1 Å². The van der Waals surface area contributed by atoms with E-state index in [0.717, 1.165) is 30.6 Å². The van der Waals surface area contributed by atoms with Gasteiger partial charge in [0.15, 0.2) is 0 Å². The molecule has 1 fully saturated rings. The summed E-state index contributed by atoms with van der Waals surface area (Å²) in [6, 6.07) is 6.51. The molecule has 1 aromatic carbocycles. The van der Waals surface area contributed by atoms with Gasteiger partial charge in [0.1, 0.15) is 23.5 Å². The van der Waals surface area contributed by atoms with Crippen LogP contribution >= 0.6 is 0 Å². The number of likely N-dealkylation sites (tertiary alicyclic amines) is 1. The minimum atomic E-state index is -3.62. The van der Waals surface area contributed by atoms with Crippen LogP contribution in [0.4, 0.5) is 4.79 Å². The van der Waals surface area contributed by atoms with Crippen LogP contribution in [0.3, 0.4) is 0 Å². The van der Waals surface area contributed by atoms with Crippen LogP contribution in [0.5, 0.6) is 5.75 Å². The minimum Gasteiger partial charge on any atom is -0.493 e. The molecule has 1 saturated heterocycles. The molecule has 0 radical (unpaired) electrons. The highest BCUT2D eigenvalue weighted by Gasteiger charge is 2.32. The summed E-state index contributed by atoms with van der Waals surface area (Å²) in [4.78, 5) is 31.8. The summed E-state index contributed by atoms with van der Waals surface area (Å²) in [5.41, 5.74) is 1.07. The van der Waals surface area contributed by atoms with E-state index in [4.69, 9.17) is 19.0 Å². The number of hydrogen-bond acceptors (Lipinski definition) is 9. The molecule has 40 heavy (non-hydrogen) atoms. The van der Waals surface area contributed by atoms with Gasteiger partial charge in [0, 0.05) is 25.9 Å². The third-order valence-corrected chi connectivity index (χ3v) is 8.21. The van der Waals surface area contributed by atoms with Crippen molar-refractivity contribution in [1.82, 2.24) is 9.62 Å². The van der Waals surface area contributed by atoms with E-state index in [-0.39, 0.29) is 18.3 Å². The molecule has 11 nitrogen and oxygen atoms in total. The molecule has 1 amide bonds. The maximum atomic E-state index is 12.3. The van der Waals surface area contributed by atoms with Crippen molar-refractivity contribution >= 4 is 27.8 Å². The number of amides is 1. The Morgan fingerprint density at radius 3 is 2.45 bits per heavy atom. The first-order valence-corrected chi connectivity index (χ1v) is 15.6. The zero-order valence-electron chi connectivity index (χ0n) is 24.2. The SMILES string of the molecule is CCCCS(=O)(=O)N[C@@H](C[C@H]1CC(c2ccc(OCC3CCN(C(=O)OC(C)(C)C)CC3)cc2)=NO1)C(=O)OC. The Morgan fingerprint density at radius 2 is 1.85 bits per heavy atom. The number of ether oxygens (including phenoxy) is 3. The van der Waals surface area contributed by atoms with Crippen molar-refractivity contribution in [3.63, 3.8) is 0 Å². The number of methoxy groups -OCH3 is 1. The van der Waals surface area contributed by atoms with E-state index in [2.05, 4.69) is 9.88 Å². The zero-order valence-corrected chi connectivity index (χ0v) is 25.0. The van der Waals surface area contributed by atoms with E-state index in [1.54, 1.807) is 4.90 Å². The lowest BCUT2D eigenvalue weighted by atomic mass is 9.98. The highest BCUT2D eigenvalue weighted by molar-refractivity contribution is 7.89. The van der Waals surface area contributed by atoms with Gasteiger partial charge in [-0.15, -0.1) is 0 Å². The standard InChI is InChI=1S/C28H43N3O8S/c1-6-7-16-40(34,35)30-25(26(32)36-5)18-23-17-24(29-39-23)21-8-10-22(11-9-21)37-19-20-12-14-31(15-13-20)27(33)38-28(2,3)4/h8-11,20,23,25,30H,6-7,12-19H2,1-5H3/t23-,25+/m1/s1. The Hall–Kier alpha value is -2.86. The fourth-order valence-corrected chi connectivity index (χ4v) is 5.91. The minimum absolute atomic E-state index is 0.0516. The van der Waals surface area contributed by atoms with Gasteiger partial charge in [0.05, 0.1) is 25.2 Å². The van der Waals surface area contributed by atoms with E-state index < -0.39 is 33.7 Å². The molecule has 2 heterocycles.